The molecule has 0 radical (unpaired) electrons. The third-order valence-corrected chi connectivity index (χ3v) is 4.69. The molecule has 2 heteroatoms. The quantitative estimate of drug-likeness (QED) is 0.741. The molecule has 0 amide bonds. The van der Waals surface area contributed by atoms with Gasteiger partial charge < -0.3 is 5.11 Å². The maximum Gasteiger partial charge on any atom is 0.144 e. The molecule has 1 aliphatic carbocycles. The fourth-order valence-corrected chi connectivity index (χ4v) is 2.98. The lowest BCUT2D eigenvalue weighted by molar-refractivity contribution is -0.121. The molecule has 0 spiro atoms. The minimum absolute atomic E-state index is 0.169. The van der Waals surface area contributed by atoms with Crippen LogP contribution in [0.25, 0.3) is 0 Å². The van der Waals surface area contributed by atoms with Gasteiger partial charge in [0.05, 0.1) is 12.0 Å². The van der Waals surface area contributed by atoms with Gasteiger partial charge in [0.1, 0.15) is 5.78 Å². The number of allylic oxidation sites excluding steroid dienone is 3. The fourth-order valence-electron chi connectivity index (χ4n) is 2.98. The lowest BCUT2D eigenvalue weighted by Gasteiger charge is -2.23. The van der Waals surface area contributed by atoms with Gasteiger partial charge in [0.25, 0.3) is 0 Å². The molecule has 0 aliphatic heterocycles. The Morgan fingerprint density at radius 3 is 2.50 bits per heavy atom. The van der Waals surface area contributed by atoms with Crippen LogP contribution in [0.3, 0.4) is 0 Å². The molecule has 0 aromatic carbocycles. The number of rotatable bonds is 2. The van der Waals surface area contributed by atoms with Crippen molar-refractivity contribution >= 4 is 5.78 Å². The molecule has 0 bridgehead atoms. The van der Waals surface area contributed by atoms with Crippen molar-refractivity contribution in [3.05, 3.63) is 36.0 Å². The first kappa shape index (κ1) is 18.9. The lowest BCUT2D eigenvalue weighted by Crippen LogP contribution is -2.20. The Morgan fingerprint density at radius 2 is 1.95 bits per heavy atom. The van der Waals surface area contributed by atoms with Crippen LogP contribution in [0.1, 0.15) is 59.8 Å². The molecule has 0 fully saturated rings. The average Bonchev–Trinajstić information content (AvgIpc) is 2.42. The number of carbonyl (C=O) groups excluding carboxylic acids is 1. The van der Waals surface area contributed by atoms with Crippen LogP contribution in [-0.4, -0.2) is 17.0 Å². The van der Waals surface area contributed by atoms with E-state index in [0.717, 1.165) is 30.4 Å². The summed E-state index contributed by atoms with van der Waals surface area (Å²) in [6.07, 6.45) is 5.43. The summed E-state index contributed by atoms with van der Waals surface area (Å²) in [5, 5.41) is 10.2. The molecule has 1 aliphatic rings. The number of aliphatic hydroxyl groups excluding tert-OH is 1. The van der Waals surface area contributed by atoms with Gasteiger partial charge in [-0.2, -0.15) is 0 Å². The largest absolute Gasteiger partial charge is 0.389 e. The second-order valence-corrected chi connectivity index (χ2v) is 7.25. The zero-order valence-corrected chi connectivity index (χ0v) is 14.7. The van der Waals surface area contributed by atoms with Crippen LogP contribution in [-0.2, 0) is 4.79 Å². The van der Waals surface area contributed by atoms with E-state index in [1.54, 1.807) is 0 Å². The number of carbonyl (C=O) groups is 1. The third-order valence-electron chi connectivity index (χ3n) is 4.69. The predicted molar refractivity (Wildman–Crippen MR) is 93.6 cm³/mol. The van der Waals surface area contributed by atoms with E-state index >= 15 is 0 Å². The van der Waals surface area contributed by atoms with E-state index in [9.17, 15) is 9.90 Å². The molecule has 0 heterocycles. The summed E-state index contributed by atoms with van der Waals surface area (Å²) in [5.41, 5.74) is 3.10. The second-order valence-electron chi connectivity index (χ2n) is 7.25. The van der Waals surface area contributed by atoms with Crippen LogP contribution in [0, 0.1) is 17.8 Å². The molecule has 22 heavy (non-hydrogen) atoms. The summed E-state index contributed by atoms with van der Waals surface area (Å²) in [4.78, 5) is 12.6. The summed E-state index contributed by atoms with van der Waals surface area (Å²) in [7, 11) is 0. The van der Waals surface area contributed by atoms with Crippen LogP contribution >= 0.6 is 0 Å². The van der Waals surface area contributed by atoms with Crippen LogP contribution in [0.5, 0.6) is 0 Å². The first-order valence-corrected chi connectivity index (χ1v) is 8.46. The van der Waals surface area contributed by atoms with Crippen molar-refractivity contribution < 1.29 is 9.90 Å². The maximum absolute atomic E-state index is 12.6. The molecule has 0 aromatic rings. The summed E-state index contributed by atoms with van der Waals surface area (Å²) in [6.45, 7) is 16.4. The average molecular weight is 304 g/mol. The lowest BCUT2D eigenvalue weighted by atomic mass is 9.83. The van der Waals surface area contributed by atoms with Crippen molar-refractivity contribution in [3.63, 3.8) is 0 Å². The SMILES string of the molecule is C=C1CCC(C(C)C)=CC(C(=C)C)C(=O)CC(C)CCC1O. The van der Waals surface area contributed by atoms with Crippen molar-refractivity contribution in [2.75, 3.05) is 0 Å². The highest BCUT2D eigenvalue weighted by Gasteiger charge is 2.22. The smallest absolute Gasteiger partial charge is 0.144 e. The van der Waals surface area contributed by atoms with Crippen molar-refractivity contribution in [1.29, 1.82) is 0 Å². The zero-order valence-electron chi connectivity index (χ0n) is 14.7. The first-order valence-electron chi connectivity index (χ1n) is 8.46. The Balaban J connectivity index is 3.10. The molecule has 0 saturated carbocycles. The van der Waals surface area contributed by atoms with E-state index in [1.807, 2.05) is 6.92 Å². The van der Waals surface area contributed by atoms with Crippen LogP contribution < -0.4 is 0 Å². The van der Waals surface area contributed by atoms with Gasteiger partial charge in [0, 0.05) is 6.42 Å². The van der Waals surface area contributed by atoms with E-state index in [-0.39, 0.29) is 17.6 Å². The van der Waals surface area contributed by atoms with E-state index in [0.29, 0.717) is 18.8 Å². The molecule has 0 saturated heterocycles. The van der Waals surface area contributed by atoms with Crippen LogP contribution in [0.2, 0.25) is 0 Å². The van der Waals surface area contributed by atoms with Crippen molar-refractivity contribution in [1.82, 2.24) is 0 Å². The minimum atomic E-state index is -0.442. The van der Waals surface area contributed by atoms with Crippen molar-refractivity contribution in [2.24, 2.45) is 17.8 Å². The monoisotopic (exact) mass is 304 g/mol. The Morgan fingerprint density at radius 1 is 1.32 bits per heavy atom. The van der Waals surface area contributed by atoms with Gasteiger partial charge in [0.15, 0.2) is 0 Å². The first-order chi connectivity index (χ1) is 10.2. The van der Waals surface area contributed by atoms with Gasteiger partial charge in [0.2, 0.25) is 0 Å². The molecule has 0 aromatic heterocycles. The summed E-state index contributed by atoms with van der Waals surface area (Å²) in [6, 6.07) is 0. The molecular weight excluding hydrogens is 272 g/mol. The number of hydrogen-bond acceptors (Lipinski definition) is 2. The number of aliphatic hydroxyl groups is 1. The Hall–Kier alpha value is -1.15. The van der Waals surface area contributed by atoms with Gasteiger partial charge in [-0.15, -0.1) is 0 Å². The van der Waals surface area contributed by atoms with Crippen LogP contribution in [0.4, 0.5) is 0 Å². The highest BCUT2D eigenvalue weighted by atomic mass is 16.3. The predicted octanol–water partition coefficient (Wildman–Crippen LogP) is 4.85. The van der Waals surface area contributed by atoms with E-state index in [1.165, 1.54) is 5.57 Å². The number of hydrogen-bond donors (Lipinski definition) is 1. The minimum Gasteiger partial charge on any atom is -0.389 e. The number of ketones is 1. The maximum atomic E-state index is 12.6. The summed E-state index contributed by atoms with van der Waals surface area (Å²) in [5.74, 6) is 0.761. The molecule has 124 valence electrons. The Labute approximate surface area is 136 Å². The second kappa shape index (κ2) is 8.47. The van der Waals surface area contributed by atoms with E-state index in [2.05, 4.69) is 40.0 Å². The number of Topliss-reactive ketones (excluding diaryl/α,β-unsaturated/α-hetero) is 1. The summed E-state index contributed by atoms with van der Waals surface area (Å²) >= 11 is 0. The van der Waals surface area contributed by atoms with Gasteiger partial charge >= 0.3 is 0 Å². The molecule has 3 atom stereocenters. The zero-order chi connectivity index (χ0) is 16.9. The van der Waals surface area contributed by atoms with Gasteiger partial charge in [-0.1, -0.05) is 51.2 Å². The molecule has 3 unspecified atom stereocenters. The van der Waals surface area contributed by atoms with E-state index in [4.69, 9.17) is 0 Å². The Kier molecular flexibility index (Phi) is 7.28. The molecule has 2 nitrogen and oxygen atoms in total. The molecule has 1 rings (SSSR count). The van der Waals surface area contributed by atoms with Gasteiger partial charge in [-0.05, 0) is 50.0 Å². The molecule has 1 N–H and O–H groups in total. The summed E-state index contributed by atoms with van der Waals surface area (Å²) < 4.78 is 0. The highest BCUT2D eigenvalue weighted by molar-refractivity contribution is 5.85. The van der Waals surface area contributed by atoms with Crippen molar-refractivity contribution in [3.8, 4) is 0 Å². The topological polar surface area (TPSA) is 37.3 Å². The third kappa shape index (κ3) is 5.57. The standard InChI is InChI=1S/C20H32O2/c1-13(2)17-9-8-16(6)19(21)10-7-15(5)11-20(22)18(12-17)14(3)4/h12-13,15,18-19,21H,3,6-11H2,1-2,4-5H3. The van der Waals surface area contributed by atoms with E-state index < -0.39 is 6.10 Å². The molecular formula is C20H32O2. The highest BCUT2D eigenvalue weighted by Crippen LogP contribution is 2.28. The normalized spacial score (nSPS) is 28.8. The fraction of sp³-hybridized carbons (Fsp3) is 0.650. The van der Waals surface area contributed by atoms with Gasteiger partial charge in [-0.3, -0.25) is 4.79 Å². The van der Waals surface area contributed by atoms with Crippen LogP contribution in [0.15, 0.2) is 36.0 Å². The van der Waals surface area contributed by atoms with Crippen molar-refractivity contribution in [2.45, 2.75) is 65.9 Å². The Bertz CT molecular complexity index is 456. The van der Waals surface area contributed by atoms with Gasteiger partial charge in [-0.25, -0.2) is 0 Å².